The Morgan fingerprint density at radius 3 is 3.17 bits per heavy atom. The SMILES string of the molecule is Cc1ccnc2cc(=O)[nH]cc12. The number of hydrogen-bond donors (Lipinski definition) is 1. The zero-order valence-electron chi connectivity index (χ0n) is 6.66. The Bertz CT molecular complexity index is 473. The number of nitrogens with one attached hydrogen (secondary N) is 1. The third-order valence-electron chi connectivity index (χ3n) is 1.87. The van der Waals surface area contributed by atoms with Crippen LogP contribution in [0, 0.1) is 6.92 Å². The van der Waals surface area contributed by atoms with Crippen molar-refractivity contribution in [2.24, 2.45) is 0 Å². The summed E-state index contributed by atoms with van der Waals surface area (Å²) in [7, 11) is 0. The monoisotopic (exact) mass is 160 g/mol. The van der Waals surface area contributed by atoms with E-state index in [0.717, 1.165) is 16.5 Å². The fourth-order valence-electron chi connectivity index (χ4n) is 1.20. The van der Waals surface area contributed by atoms with Crippen molar-refractivity contribution in [3.05, 3.63) is 40.4 Å². The van der Waals surface area contributed by atoms with Gasteiger partial charge in [-0.15, -0.1) is 0 Å². The van der Waals surface area contributed by atoms with E-state index in [1.165, 1.54) is 6.07 Å². The van der Waals surface area contributed by atoms with Crippen molar-refractivity contribution in [1.29, 1.82) is 0 Å². The van der Waals surface area contributed by atoms with E-state index in [4.69, 9.17) is 0 Å². The van der Waals surface area contributed by atoms with Crippen LogP contribution in [0.5, 0.6) is 0 Å². The first-order chi connectivity index (χ1) is 5.77. The molecule has 0 aliphatic heterocycles. The van der Waals surface area contributed by atoms with Gasteiger partial charge in [0.05, 0.1) is 5.52 Å². The lowest BCUT2D eigenvalue weighted by Gasteiger charge is -1.97. The summed E-state index contributed by atoms with van der Waals surface area (Å²) in [6.45, 7) is 1.99. The lowest BCUT2D eigenvalue weighted by atomic mass is 10.2. The van der Waals surface area contributed by atoms with Crippen LogP contribution in [0.1, 0.15) is 5.56 Å². The van der Waals surface area contributed by atoms with Gasteiger partial charge in [-0.25, -0.2) is 0 Å². The largest absolute Gasteiger partial charge is 0.328 e. The van der Waals surface area contributed by atoms with Crippen molar-refractivity contribution in [1.82, 2.24) is 9.97 Å². The molecule has 12 heavy (non-hydrogen) atoms. The van der Waals surface area contributed by atoms with E-state index < -0.39 is 0 Å². The minimum absolute atomic E-state index is 0.111. The third kappa shape index (κ3) is 0.993. The molecule has 2 heterocycles. The highest BCUT2D eigenvalue weighted by Crippen LogP contribution is 2.11. The molecule has 0 spiro atoms. The zero-order valence-corrected chi connectivity index (χ0v) is 6.66. The van der Waals surface area contributed by atoms with E-state index >= 15 is 0 Å². The van der Waals surface area contributed by atoms with Crippen LogP contribution in [-0.4, -0.2) is 9.97 Å². The first kappa shape index (κ1) is 7.03. The van der Waals surface area contributed by atoms with Gasteiger partial charge in [0.15, 0.2) is 0 Å². The van der Waals surface area contributed by atoms with Crippen LogP contribution >= 0.6 is 0 Å². The summed E-state index contributed by atoms with van der Waals surface area (Å²) in [6.07, 6.45) is 3.40. The molecule has 0 aliphatic carbocycles. The minimum Gasteiger partial charge on any atom is -0.328 e. The first-order valence-corrected chi connectivity index (χ1v) is 3.71. The highest BCUT2D eigenvalue weighted by Gasteiger charge is 1.96. The molecule has 3 nitrogen and oxygen atoms in total. The summed E-state index contributed by atoms with van der Waals surface area (Å²) in [5.74, 6) is 0. The Morgan fingerprint density at radius 2 is 2.33 bits per heavy atom. The molecule has 0 aromatic carbocycles. The van der Waals surface area contributed by atoms with Crippen LogP contribution in [0.2, 0.25) is 0 Å². The van der Waals surface area contributed by atoms with Crippen LogP contribution in [0.15, 0.2) is 29.3 Å². The van der Waals surface area contributed by atoms with E-state index in [1.54, 1.807) is 12.4 Å². The number of H-pyrrole nitrogens is 1. The highest BCUT2D eigenvalue weighted by atomic mass is 16.1. The molecule has 0 saturated carbocycles. The molecule has 2 aromatic heterocycles. The molecular formula is C9H8N2O. The fraction of sp³-hybridized carbons (Fsp3) is 0.111. The molecule has 0 unspecified atom stereocenters. The van der Waals surface area contributed by atoms with Gasteiger partial charge in [-0.3, -0.25) is 9.78 Å². The number of aromatic nitrogens is 2. The highest BCUT2D eigenvalue weighted by molar-refractivity contribution is 5.80. The second-order valence-electron chi connectivity index (χ2n) is 2.72. The number of pyridine rings is 2. The van der Waals surface area contributed by atoms with Gasteiger partial charge >= 0.3 is 0 Å². The van der Waals surface area contributed by atoms with E-state index in [0.29, 0.717) is 0 Å². The Labute approximate surface area is 69.1 Å². The molecule has 0 bridgehead atoms. The normalized spacial score (nSPS) is 10.4. The Morgan fingerprint density at radius 1 is 1.50 bits per heavy atom. The van der Waals surface area contributed by atoms with Crippen molar-refractivity contribution < 1.29 is 0 Å². The lowest BCUT2D eigenvalue weighted by Crippen LogP contribution is -2.02. The standard InChI is InChI=1S/C9H8N2O/c1-6-2-3-10-8-4-9(12)11-5-7(6)8/h2-5H,1H3,(H,11,12). The van der Waals surface area contributed by atoms with Gasteiger partial charge in [-0.2, -0.15) is 0 Å². The maximum atomic E-state index is 10.9. The van der Waals surface area contributed by atoms with Crippen LogP contribution in [-0.2, 0) is 0 Å². The molecule has 1 N–H and O–H groups in total. The number of fused-ring (bicyclic) bond motifs is 1. The average molecular weight is 160 g/mol. The maximum Gasteiger partial charge on any atom is 0.250 e. The molecule has 0 atom stereocenters. The predicted octanol–water partition coefficient (Wildman–Crippen LogP) is 1.23. The summed E-state index contributed by atoms with van der Waals surface area (Å²) < 4.78 is 0. The molecule has 3 heteroatoms. The van der Waals surface area contributed by atoms with Gasteiger partial charge in [0.2, 0.25) is 5.56 Å². The van der Waals surface area contributed by atoms with E-state index in [9.17, 15) is 4.79 Å². The van der Waals surface area contributed by atoms with Gasteiger partial charge in [0, 0.05) is 23.8 Å². The molecule has 60 valence electrons. The summed E-state index contributed by atoms with van der Waals surface area (Å²) in [4.78, 5) is 17.6. The van der Waals surface area contributed by atoms with Crippen LogP contribution in [0.3, 0.4) is 0 Å². The van der Waals surface area contributed by atoms with Gasteiger partial charge in [-0.05, 0) is 18.6 Å². The Balaban J connectivity index is 2.96. The van der Waals surface area contributed by atoms with Gasteiger partial charge < -0.3 is 4.98 Å². The van der Waals surface area contributed by atoms with Crippen LogP contribution in [0.4, 0.5) is 0 Å². The first-order valence-electron chi connectivity index (χ1n) is 3.71. The predicted molar refractivity (Wildman–Crippen MR) is 47.1 cm³/mol. The summed E-state index contributed by atoms with van der Waals surface area (Å²) in [5.41, 5.74) is 1.76. The molecule has 2 aromatic rings. The van der Waals surface area contributed by atoms with Gasteiger partial charge in [0.1, 0.15) is 0 Å². The number of aromatic amines is 1. The Kier molecular flexibility index (Phi) is 1.43. The van der Waals surface area contributed by atoms with Crippen molar-refractivity contribution >= 4 is 10.9 Å². The quantitative estimate of drug-likeness (QED) is 0.630. The summed E-state index contributed by atoms with van der Waals surface area (Å²) in [5, 5.41) is 0.997. The maximum absolute atomic E-state index is 10.9. The van der Waals surface area contributed by atoms with E-state index in [-0.39, 0.29) is 5.56 Å². The summed E-state index contributed by atoms with van der Waals surface area (Å²) >= 11 is 0. The molecular weight excluding hydrogens is 152 g/mol. The second kappa shape index (κ2) is 2.44. The lowest BCUT2D eigenvalue weighted by molar-refractivity contribution is 1.24. The molecule has 0 aliphatic rings. The van der Waals surface area contributed by atoms with Crippen LogP contribution < -0.4 is 5.56 Å². The number of rotatable bonds is 0. The minimum atomic E-state index is -0.111. The molecule has 0 radical (unpaired) electrons. The molecule has 0 fully saturated rings. The average Bonchev–Trinajstić information content (AvgIpc) is 2.04. The topological polar surface area (TPSA) is 45.8 Å². The molecule has 2 rings (SSSR count). The second-order valence-corrected chi connectivity index (χ2v) is 2.72. The van der Waals surface area contributed by atoms with Crippen molar-refractivity contribution in [2.45, 2.75) is 6.92 Å². The Hall–Kier alpha value is -1.64. The number of hydrogen-bond acceptors (Lipinski definition) is 2. The van der Waals surface area contributed by atoms with Crippen molar-refractivity contribution in [3.63, 3.8) is 0 Å². The van der Waals surface area contributed by atoms with Crippen molar-refractivity contribution in [3.8, 4) is 0 Å². The van der Waals surface area contributed by atoms with E-state index in [2.05, 4.69) is 9.97 Å². The van der Waals surface area contributed by atoms with Crippen molar-refractivity contribution in [2.75, 3.05) is 0 Å². The van der Waals surface area contributed by atoms with Crippen LogP contribution in [0.25, 0.3) is 10.9 Å². The zero-order chi connectivity index (χ0) is 8.55. The summed E-state index contributed by atoms with van der Waals surface area (Å²) in [6, 6.07) is 3.42. The third-order valence-corrected chi connectivity index (χ3v) is 1.87. The van der Waals surface area contributed by atoms with E-state index in [1.807, 2.05) is 13.0 Å². The number of nitrogens with zero attached hydrogens (tertiary/aromatic N) is 1. The van der Waals surface area contributed by atoms with Gasteiger partial charge in [0.25, 0.3) is 0 Å². The molecule has 0 amide bonds. The van der Waals surface area contributed by atoms with Gasteiger partial charge in [-0.1, -0.05) is 0 Å². The fourth-order valence-corrected chi connectivity index (χ4v) is 1.20. The number of aryl methyl sites for hydroxylation is 1. The smallest absolute Gasteiger partial charge is 0.250 e. The molecule has 0 saturated heterocycles.